The van der Waals surface area contributed by atoms with E-state index in [4.69, 9.17) is 4.99 Å². The van der Waals surface area contributed by atoms with Crippen LogP contribution in [-0.4, -0.2) is 22.8 Å². The zero-order chi connectivity index (χ0) is 20.5. The molecular weight excluding hydrogens is 522 g/mol. The molecule has 2 aliphatic rings. The lowest BCUT2D eigenvalue weighted by atomic mass is 9.79. The lowest BCUT2D eigenvalue weighted by Gasteiger charge is -2.42. The van der Waals surface area contributed by atoms with Gasteiger partial charge >= 0.3 is 6.18 Å². The van der Waals surface area contributed by atoms with E-state index < -0.39 is 17.3 Å². The molecule has 30 heavy (non-hydrogen) atoms. The minimum absolute atomic E-state index is 0. The van der Waals surface area contributed by atoms with Crippen LogP contribution in [0.4, 0.5) is 24.5 Å². The van der Waals surface area contributed by atoms with Crippen LogP contribution in [0.5, 0.6) is 0 Å². The van der Waals surface area contributed by atoms with E-state index in [9.17, 15) is 13.2 Å². The summed E-state index contributed by atoms with van der Waals surface area (Å²) in [7, 11) is 0. The molecule has 8 heteroatoms. The molecule has 4 rings (SSSR count). The van der Waals surface area contributed by atoms with Crippen LogP contribution in [0.2, 0.25) is 0 Å². The Morgan fingerprint density at radius 1 is 1.00 bits per heavy atom. The van der Waals surface area contributed by atoms with Gasteiger partial charge in [0.05, 0.1) is 11.3 Å². The second-order valence-electron chi connectivity index (χ2n) is 7.35. The molecule has 2 aromatic rings. The summed E-state index contributed by atoms with van der Waals surface area (Å²) in [5.41, 5.74) is 0.228. The molecule has 3 nitrogen and oxygen atoms in total. The fourth-order valence-corrected chi connectivity index (χ4v) is 4.83. The van der Waals surface area contributed by atoms with Gasteiger partial charge < -0.3 is 4.90 Å². The molecule has 1 heterocycles. The Bertz CT molecular complexity index is 938. The molecule has 0 saturated heterocycles. The number of alkyl halides is 3. The molecule has 0 radical (unpaired) electrons. The Morgan fingerprint density at radius 3 is 2.33 bits per heavy atom. The molecular formula is C22H23F3IN3S. The van der Waals surface area contributed by atoms with Crippen LogP contribution in [0.3, 0.4) is 0 Å². The first-order valence-electron chi connectivity index (χ1n) is 9.68. The quantitative estimate of drug-likeness (QED) is 0.371. The van der Waals surface area contributed by atoms with E-state index in [1.165, 1.54) is 17.8 Å². The van der Waals surface area contributed by atoms with Gasteiger partial charge in [0.2, 0.25) is 0 Å². The van der Waals surface area contributed by atoms with Crippen LogP contribution in [0.15, 0.2) is 64.6 Å². The Labute approximate surface area is 195 Å². The van der Waals surface area contributed by atoms with Crippen molar-refractivity contribution in [1.82, 2.24) is 0 Å². The number of para-hydroxylation sites is 1. The lowest BCUT2D eigenvalue weighted by Crippen LogP contribution is -2.52. The summed E-state index contributed by atoms with van der Waals surface area (Å²) in [6.45, 7) is 0. The fourth-order valence-electron chi connectivity index (χ4n) is 4.19. The van der Waals surface area contributed by atoms with E-state index in [0.29, 0.717) is 11.5 Å². The zero-order valence-corrected chi connectivity index (χ0v) is 19.7. The van der Waals surface area contributed by atoms with Crippen molar-refractivity contribution >= 4 is 58.1 Å². The molecule has 1 spiro atoms. The highest BCUT2D eigenvalue weighted by molar-refractivity contribution is 14.0. The summed E-state index contributed by atoms with van der Waals surface area (Å²) in [5, 5.41) is 0.837. The van der Waals surface area contributed by atoms with E-state index in [-0.39, 0.29) is 24.0 Å². The number of amidine groups is 2. The minimum Gasteiger partial charge on any atom is -0.307 e. The van der Waals surface area contributed by atoms with E-state index in [1.54, 1.807) is 6.07 Å². The second kappa shape index (κ2) is 9.30. The van der Waals surface area contributed by atoms with Crippen molar-refractivity contribution in [1.29, 1.82) is 0 Å². The zero-order valence-electron chi connectivity index (χ0n) is 16.5. The number of anilines is 1. The van der Waals surface area contributed by atoms with Gasteiger partial charge in [0.1, 0.15) is 5.54 Å². The average Bonchev–Trinajstić information content (AvgIpc) is 3.01. The third-order valence-electron chi connectivity index (χ3n) is 5.52. The van der Waals surface area contributed by atoms with Gasteiger partial charge in [0.15, 0.2) is 11.0 Å². The molecule has 0 atom stereocenters. The normalized spacial score (nSPS) is 19.7. The van der Waals surface area contributed by atoms with Crippen molar-refractivity contribution in [2.75, 3.05) is 11.2 Å². The highest BCUT2D eigenvalue weighted by Gasteiger charge is 2.49. The van der Waals surface area contributed by atoms with E-state index in [2.05, 4.69) is 22.0 Å². The summed E-state index contributed by atoms with van der Waals surface area (Å²) < 4.78 is 39.4. The number of hydrogen-bond acceptors (Lipinski definition) is 3. The molecule has 1 saturated carbocycles. The predicted molar refractivity (Wildman–Crippen MR) is 130 cm³/mol. The number of hydrogen-bond donors (Lipinski definition) is 0. The Hall–Kier alpha value is -1.55. The molecule has 0 amide bonds. The summed E-state index contributed by atoms with van der Waals surface area (Å²) >= 11 is 1.54. The van der Waals surface area contributed by atoms with Gasteiger partial charge in [-0.25, -0.2) is 9.98 Å². The van der Waals surface area contributed by atoms with E-state index in [0.717, 1.165) is 55.1 Å². The first-order chi connectivity index (χ1) is 13.9. The SMILES string of the molecule is CSC1=NC(=Nc2cccc(C(F)(F)F)c2)C2(CCCCC2)N1c1ccccc1.I. The van der Waals surface area contributed by atoms with Crippen LogP contribution in [0, 0.1) is 0 Å². The summed E-state index contributed by atoms with van der Waals surface area (Å²) in [4.78, 5) is 11.7. The van der Waals surface area contributed by atoms with Crippen LogP contribution in [0.1, 0.15) is 37.7 Å². The topological polar surface area (TPSA) is 28.0 Å². The van der Waals surface area contributed by atoms with Gasteiger partial charge in [-0.2, -0.15) is 13.2 Å². The molecule has 2 aromatic carbocycles. The lowest BCUT2D eigenvalue weighted by molar-refractivity contribution is -0.137. The summed E-state index contributed by atoms with van der Waals surface area (Å²) in [6.07, 6.45) is 2.58. The molecule has 1 aliphatic carbocycles. The first kappa shape index (κ1) is 23.1. The van der Waals surface area contributed by atoms with Crippen molar-refractivity contribution in [3.05, 3.63) is 60.2 Å². The van der Waals surface area contributed by atoms with Crippen LogP contribution < -0.4 is 4.90 Å². The highest BCUT2D eigenvalue weighted by atomic mass is 127. The maximum atomic E-state index is 13.1. The van der Waals surface area contributed by atoms with Crippen molar-refractivity contribution < 1.29 is 13.2 Å². The number of benzene rings is 2. The maximum absolute atomic E-state index is 13.1. The molecule has 1 aliphatic heterocycles. The number of halogens is 4. The van der Waals surface area contributed by atoms with Gasteiger partial charge in [0.25, 0.3) is 0 Å². The number of thioether (sulfide) groups is 1. The number of nitrogens with zero attached hydrogens (tertiary/aromatic N) is 3. The minimum atomic E-state index is -4.39. The first-order valence-corrected chi connectivity index (χ1v) is 10.9. The van der Waals surface area contributed by atoms with Crippen molar-refractivity contribution in [3.63, 3.8) is 0 Å². The van der Waals surface area contributed by atoms with Crippen LogP contribution in [0.25, 0.3) is 0 Å². The highest BCUT2D eigenvalue weighted by Crippen LogP contribution is 2.44. The fraction of sp³-hybridized carbons (Fsp3) is 0.364. The van der Waals surface area contributed by atoms with Crippen LogP contribution >= 0.6 is 35.7 Å². The monoisotopic (exact) mass is 545 g/mol. The molecule has 0 aromatic heterocycles. The molecule has 0 N–H and O–H groups in total. The average molecular weight is 545 g/mol. The van der Waals surface area contributed by atoms with Crippen molar-refractivity contribution in [2.45, 2.75) is 43.8 Å². The smallest absolute Gasteiger partial charge is 0.307 e. The summed E-state index contributed by atoms with van der Waals surface area (Å²) in [6, 6.07) is 15.2. The number of aliphatic imine (C=N–C) groups is 2. The molecule has 0 unspecified atom stereocenters. The largest absolute Gasteiger partial charge is 0.416 e. The van der Waals surface area contributed by atoms with E-state index >= 15 is 0 Å². The van der Waals surface area contributed by atoms with Gasteiger partial charge in [0, 0.05) is 5.69 Å². The van der Waals surface area contributed by atoms with Gasteiger partial charge in [-0.05, 0) is 49.4 Å². The Kier molecular flexibility index (Phi) is 7.16. The standard InChI is InChI=1S/C22H22F3N3S.HI/c1-29-20-27-19(26-17-10-8-9-16(15-17)22(23,24)25)21(13-6-3-7-14-21)28(20)18-11-4-2-5-12-18;/h2,4-5,8-12,15H,3,6-7,13-14H2,1H3;1H. The summed E-state index contributed by atoms with van der Waals surface area (Å²) in [5.74, 6) is 0.615. The molecule has 0 bridgehead atoms. The van der Waals surface area contributed by atoms with Crippen LogP contribution in [-0.2, 0) is 6.18 Å². The van der Waals surface area contributed by atoms with E-state index in [1.807, 2.05) is 24.5 Å². The second-order valence-corrected chi connectivity index (χ2v) is 8.12. The predicted octanol–water partition coefficient (Wildman–Crippen LogP) is 7.30. The molecule has 160 valence electrons. The molecule has 1 fully saturated rings. The Morgan fingerprint density at radius 2 is 1.70 bits per heavy atom. The Balaban J connectivity index is 0.00000256. The third kappa shape index (κ3) is 4.39. The van der Waals surface area contributed by atoms with Crippen molar-refractivity contribution in [3.8, 4) is 0 Å². The van der Waals surface area contributed by atoms with Gasteiger partial charge in [-0.3, -0.25) is 0 Å². The number of rotatable bonds is 2. The third-order valence-corrected chi connectivity index (χ3v) is 6.16. The van der Waals surface area contributed by atoms with Crippen molar-refractivity contribution in [2.24, 2.45) is 9.98 Å². The van der Waals surface area contributed by atoms with Gasteiger partial charge in [-0.1, -0.05) is 55.3 Å². The van der Waals surface area contributed by atoms with Gasteiger partial charge in [-0.15, -0.1) is 24.0 Å². The maximum Gasteiger partial charge on any atom is 0.416 e.